The van der Waals surface area contributed by atoms with Gasteiger partial charge in [-0.05, 0) is 55.0 Å². The summed E-state index contributed by atoms with van der Waals surface area (Å²) in [7, 11) is 3.40. The molecular weight excluding hydrogens is 316 g/mol. The maximum absolute atomic E-state index is 12.7. The Hall–Kier alpha value is -3.15. The lowest BCUT2D eigenvalue weighted by Gasteiger charge is -2.24. The van der Waals surface area contributed by atoms with Crippen molar-refractivity contribution in [1.82, 2.24) is 20.1 Å². The first kappa shape index (κ1) is 16.7. The number of aromatic nitrogens is 3. The van der Waals surface area contributed by atoms with Crippen LogP contribution in [-0.4, -0.2) is 40.1 Å². The number of carbonyl (C=O) groups excluding carboxylic acids is 1. The van der Waals surface area contributed by atoms with Gasteiger partial charge < -0.3 is 9.64 Å². The third kappa shape index (κ3) is 3.52. The molecule has 2 heterocycles. The average Bonchev–Trinajstić information content (AvgIpc) is 3.17. The summed E-state index contributed by atoms with van der Waals surface area (Å²) in [6.45, 7) is 1.98. The van der Waals surface area contributed by atoms with Crippen LogP contribution in [0.5, 0.6) is 5.75 Å². The fourth-order valence-electron chi connectivity index (χ4n) is 2.57. The molecule has 0 aliphatic rings. The van der Waals surface area contributed by atoms with Crippen molar-refractivity contribution in [2.75, 3.05) is 14.2 Å². The molecule has 0 aliphatic heterocycles. The van der Waals surface area contributed by atoms with Gasteiger partial charge in [-0.25, -0.2) is 0 Å². The summed E-state index contributed by atoms with van der Waals surface area (Å²) in [4.78, 5) is 18.4. The zero-order valence-corrected chi connectivity index (χ0v) is 14.4. The van der Waals surface area contributed by atoms with Gasteiger partial charge >= 0.3 is 0 Å². The smallest absolute Gasteiger partial charge is 0.272 e. The summed E-state index contributed by atoms with van der Waals surface area (Å²) >= 11 is 0. The van der Waals surface area contributed by atoms with Gasteiger partial charge in [0.15, 0.2) is 0 Å². The standard InChI is InChI=1S/C19H20N4O2/c1-13(14-8-10-20-11-9-14)23(2)19(24)18-12-17(21-22-18)15-4-6-16(25-3)7-5-15/h4-13H,1-3H3,(H,21,22). The van der Waals surface area contributed by atoms with Crippen LogP contribution in [0.25, 0.3) is 11.3 Å². The number of hydrogen-bond donors (Lipinski definition) is 1. The number of ether oxygens (including phenoxy) is 1. The fourth-order valence-corrected chi connectivity index (χ4v) is 2.57. The predicted octanol–water partition coefficient (Wildman–Crippen LogP) is 3.31. The topological polar surface area (TPSA) is 71.1 Å². The van der Waals surface area contributed by atoms with E-state index in [0.717, 1.165) is 22.6 Å². The van der Waals surface area contributed by atoms with Gasteiger partial charge in [-0.2, -0.15) is 5.10 Å². The van der Waals surface area contributed by atoms with Crippen LogP contribution in [0, 0.1) is 0 Å². The SMILES string of the molecule is COc1ccc(-c2cc(C(=O)N(C)C(C)c3ccncc3)[nH]n2)cc1. The highest BCUT2D eigenvalue weighted by atomic mass is 16.5. The van der Waals surface area contributed by atoms with E-state index in [9.17, 15) is 4.79 Å². The second-order valence-electron chi connectivity index (χ2n) is 5.77. The van der Waals surface area contributed by atoms with E-state index in [2.05, 4.69) is 15.2 Å². The number of nitrogens with one attached hydrogen (secondary N) is 1. The molecule has 0 spiro atoms. The molecule has 1 N–H and O–H groups in total. The summed E-state index contributed by atoms with van der Waals surface area (Å²) in [5, 5.41) is 7.09. The second kappa shape index (κ2) is 7.17. The molecule has 6 nitrogen and oxygen atoms in total. The van der Waals surface area contributed by atoms with Crippen molar-refractivity contribution in [2.24, 2.45) is 0 Å². The number of pyridine rings is 1. The van der Waals surface area contributed by atoms with E-state index < -0.39 is 0 Å². The van der Waals surface area contributed by atoms with E-state index in [0.29, 0.717) is 5.69 Å². The highest BCUT2D eigenvalue weighted by Gasteiger charge is 2.21. The summed E-state index contributed by atoms with van der Waals surface area (Å²) in [5.74, 6) is 0.665. The lowest BCUT2D eigenvalue weighted by atomic mass is 10.1. The summed E-state index contributed by atoms with van der Waals surface area (Å²) < 4.78 is 5.15. The predicted molar refractivity (Wildman–Crippen MR) is 95.3 cm³/mol. The van der Waals surface area contributed by atoms with Gasteiger partial charge in [0.25, 0.3) is 5.91 Å². The molecule has 1 atom stereocenters. The lowest BCUT2D eigenvalue weighted by Crippen LogP contribution is -2.29. The average molecular weight is 336 g/mol. The lowest BCUT2D eigenvalue weighted by molar-refractivity contribution is 0.0736. The largest absolute Gasteiger partial charge is 0.497 e. The van der Waals surface area contributed by atoms with Crippen molar-refractivity contribution in [2.45, 2.75) is 13.0 Å². The zero-order chi connectivity index (χ0) is 17.8. The normalized spacial score (nSPS) is 11.8. The van der Waals surface area contributed by atoms with Gasteiger partial charge in [-0.3, -0.25) is 14.9 Å². The number of carbonyl (C=O) groups is 1. The van der Waals surface area contributed by atoms with E-state index in [4.69, 9.17) is 4.74 Å². The number of hydrogen-bond acceptors (Lipinski definition) is 4. The van der Waals surface area contributed by atoms with Crippen LogP contribution < -0.4 is 4.74 Å². The maximum Gasteiger partial charge on any atom is 0.272 e. The molecule has 0 radical (unpaired) electrons. The number of benzene rings is 1. The van der Waals surface area contributed by atoms with E-state index in [1.807, 2.05) is 43.3 Å². The van der Waals surface area contributed by atoms with Crippen molar-refractivity contribution < 1.29 is 9.53 Å². The van der Waals surface area contributed by atoms with Gasteiger partial charge in [0, 0.05) is 25.0 Å². The number of rotatable bonds is 5. The summed E-state index contributed by atoms with van der Waals surface area (Å²) in [6, 6.07) is 13.1. The van der Waals surface area contributed by atoms with Crippen LogP contribution in [0.2, 0.25) is 0 Å². The third-order valence-corrected chi connectivity index (χ3v) is 4.28. The molecule has 1 unspecified atom stereocenters. The molecule has 0 bridgehead atoms. The van der Waals surface area contributed by atoms with Crippen molar-refractivity contribution in [3.63, 3.8) is 0 Å². The van der Waals surface area contributed by atoms with E-state index >= 15 is 0 Å². The third-order valence-electron chi connectivity index (χ3n) is 4.28. The molecule has 6 heteroatoms. The quantitative estimate of drug-likeness (QED) is 0.776. The van der Waals surface area contributed by atoms with Crippen molar-refractivity contribution in [3.05, 3.63) is 66.1 Å². The highest BCUT2D eigenvalue weighted by Crippen LogP contribution is 2.23. The molecule has 128 valence electrons. The molecule has 1 aromatic carbocycles. The van der Waals surface area contributed by atoms with Gasteiger partial charge in [0.1, 0.15) is 11.4 Å². The van der Waals surface area contributed by atoms with Crippen LogP contribution in [0.3, 0.4) is 0 Å². The van der Waals surface area contributed by atoms with Crippen molar-refractivity contribution in [3.8, 4) is 17.0 Å². The van der Waals surface area contributed by atoms with Gasteiger partial charge in [0.05, 0.1) is 18.8 Å². The molecule has 0 aliphatic carbocycles. The number of aromatic amines is 1. The first-order chi connectivity index (χ1) is 12.1. The Morgan fingerprint density at radius 3 is 2.48 bits per heavy atom. The van der Waals surface area contributed by atoms with Crippen molar-refractivity contribution in [1.29, 1.82) is 0 Å². The molecule has 3 rings (SSSR count). The minimum Gasteiger partial charge on any atom is -0.497 e. The monoisotopic (exact) mass is 336 g/mol. The van der Waals surface area contributed by atoms with E-state index in [-0.39, 0.29) is 11.9 Å². The van der Waals surface area contributed by atoms with Crippen molar-refractivity contribution >= 4 is 5.91 Å². The number of nitrogens with zero attached hydrogens (tertiary/aromatic N) is 3. The molecule has 3 aromatic rings. The Labute approximate surface area is 146 Å². The number of methoxy groups -OCH3 is 1. The van der Waals surface area contributed by atoms with E-state index in [1.165, 1.54) is 0 Å². The molecule has 0 saturated heterocycles. The molecular formula is C19H20N4O2. The summed E-state index contributed by atoms with van der Waals surface area (Å²) in [5.41, 5.74) is 3.12. The Balaban J connectivity index is 1.77. The van der Waals surface area contributed by atoms with Gasteiger partial charge in [0.2, 0.25) is 0 Å². The molecule has 0 fully saturated rings. The Morgan fingerprint density at radius 1 is 1.16 bits per heavy atom. The summed E-state index contributed by atoms with van der Waals surface area (Å²) in [6.07, 6.45) is 3.45. The van der Waals surface area contributed by atoms with Crippen LogP contribution in [0.1, 0.15) is 29.0 Å². The molecule has 0 saturated carbocycles. The fraction of sp³-hybridized carbons (Fsp3) is 0.211. The van der Waals surface area contributed by atoms with Gasteiger partial charge in [-0.15, -0.1) is 0 Å². The van der Waals surface area contributed by atoms with Crippen LogP contribution >= 0.6 is 0 Å². The Kier molecular flexibility index (Phi) is 4.79. The minimum absolute atomic E-state index is 0.0664. The van der Waals surface area contributed by atoms with Crippen LogP contribution in [0.4, 0.5) is 0 Å². The Bertz CT molecular complexity index is 843. The second-order valence-corrected chi connectivity index (χ2v) is 5.77. The van der Waals surface area contributed by atoms with Crippen LogP contribution in [-0.2, 0) is 0 Å². The number of amides is 1. The molecule has 25 heavy (non-hydrogen) atoms. The molecule has 1 amide bonds. The first-order valence-electron chi connectivity index (χ1n) is 7.97. The molecule has 2 aromatic heterocycles. The highest BCUT2D eigenvalue weighted by molar-refractivity contribution is 5.93. The van der Waals surface area contributed by atoms with Gasteiger partial charge in [-0.1, -0.05) is 0 Å². The number of H-pyrrole nitrogens is 1. The first-order valence-corrected chi connectivity index (χ1v) is 7.97. The van der Waals surface area contributed by atoms with Crippen LogP contribution in [0.15, 0.2) is 54.9 Å². The minimum atomic E-state index is -0.114. The zero-order valence-electron chi connectivity index (χ0n) is 14.4. The Morgan fingerprint density at radius 2 is 1.84 bits per heavy atom. The van der Waals surface area contributed by atoms with E-state index in [1.54, 1.807) is 37.5 Å². The maximum atomic E-state index is 12.7.